The van der Waals surface area contributed by atoms with Gasteiger partial charge in [-0.05, 0) is 6.92 Å². The Morgan fingerprint density at radius 1 is 1.11 bits per heavy atom. The van der Waals surface area contributed by atoms with Gasteiger partial charge in [-0.3, -0.25) is 0 Å². The van der Waals surface area contributed by atoms with Gasteiger partial charge in [0.15, 0.2) is 0 Å². The summed E-state index contributed by atoms with van der Waals surface area (Å²) in [5.41, 5.74) is 2.42. The molecule has 4 N–H and O–H groups in total. The van der Waals surface area contributed by atoms with Gasteiger partial charge in [-0.2, -0.15) is 13.2 Å². The molecule has 0 aromatic carbocycles. The molecule has 0 fully saturated rings. The lowest BCUT2D eigenvalue weighted by Crippen LogP contribution is -2.25. The second-order valence-corrected chi connectivity index (χ2v) is 5.23. The van der Waals surface area contributed by atoms with Crippen LogP contribution >= 0.6 is 0 Å². The van der Waals surface area contributed by atoms with Crippen molar-refractivity contribution in [2.24, 2.45) is 5.84 Å². The number of aromatic nitrogens is 2. The summed E-state index contributed by atoms with van der Waals surface area (Å²) in [5, 5.41) is 2.27. The topological polar surface area (TPSA) is 75.9 Å². The van der Waals surface area contributed by atoms with Crippen LogP contribution < -0.4 is 16.6 Å². The Kier molecular flexibility index (Phi) is 4.24. The second kappa shape index (κ2) is 5.20. The minimum absolute atomic E-state index is 0.130. The fraction of sp³-hybridized carbons (Fsp3) is 0.636. The highest BCUT2D eigenvalue weighted by Gasteiger charge is 2.28. The fourth-order valence-corrected chi connectivity index (χ4v) is 1.35. The molecule has 0 aliphatic carbocycles. The Morgan fingerprint density at radius 2 is 1.63 bits per heavy atom. The minimum Gasteiger partial charge on any atom is -0.361 e. The molecular formula is C11H18F3N5. The first-order valence-corrected chi connectivity index (χ1v) is 5.71. The molecule has 19 heavy (non-hydrogen) atoms. The number of nitrogens with one attached hydrogen (secondary N) is 2. The monoisotopic (exact) mass is 277 g/mol. The van der Waals surface area contributed by atoms with E-state index in [1.165, 1.54) is 0 Å². The number of nitrogens with zero attached hydrogens (tertiary/aromatic N) is 2. The van der Waals surface area contributed by atoms with Crippen LogP contribution in [0.15, 0.2) is 0 Å². The van der Waals surface area contributed by atoms with Gasteiger partial charge < -0.3 is 10.7 Å². The van der Waals surface area contributed by atoms with E-state index in [4.69, 9.17) is 5.84 Å². The molecule has 0 amide bonds. The van der Waals surface area contributed by atoms with E-state index in [1.54, 1.807) is 6.92 Å². The second-order valence-electron chi connectivity index (χ2n) is 5.23. The summed E-state index contributed by atoms with van der Waals surface area (Å²) in [7, 11) is 0. The van der Waals surface area contributed by atoms with E-state index in [0.717, 1.165) is 0 Å². The minimum atomic E-state index is -4.31. The maximum atomic E-state index is 12.2. The molecule has 1 rings (SSSR count). The maximum Gasteiger partial charge on any atom is 0.405 e. The van der Waals surface area contributed by atoms with E-state index in [0.29, 0.717) is 17.2 Å². The largest absolute Gasteiger partial charge is 0.405 e. The number of nitrogen functional groups attached to an aromatic ring is 1. The van der Waals surface area contributed by atoms with Gasteiger partial charge in [-0.1, -0.05) is 20.8 Å². The predicted molar refractivity (Wildman–Crippen MR) is 67.8 cm³/mol. The molecule has 0 aliphatic heterocycles. The van der Waals surface area contributed by atoms with Crippen molar-refractivity contribution in [3.05, 3.63) is 11.4 Å². The van der Waals surface area contributed by atoms with Gasteiger partial charge in [-0.15, -0.1) is 0 Å². The third-order valence-electron chi connectivity index (χ3n) is 2.41. The van der Waals surface area contributed by atoms with Crippen LogP contribution in [-0.4, -0.2) is 22.7 Å². The maximum absolute atomic E-state index is 12.2. The first kappa shape index (κ1) is 15.5. The van der Waals surface area contributed by atoms with E-state index in [-0.39, 0.29) is 5.82 Å². The number of rotatable bonds is 3. The van der Waals surface area contributed by atoms with Crippen molar-refractivity contribution in [2.75, 3.05) is 17.3 Å². The molecule has 1 heterocycles. The predicted octanol–water partition coefficient (Wildman–Crippen LogP) is 2.34. The lowest BCUT2D eigenvalue weighted by Gasteiger charge is -2.21. The molecule has 0 atom stereocenters. The summed E-state index contributed by atoms with van der Waals surface area (Å²) in [6.07, 6.45) is -4.31. The smallest absolute Gasteiger partial charge is 0.361 e. The molecule has 0 aliphatic rings. The molecule has 0 unspecified atom stereocenters. The van der Waals surface area contributed by atoms with E-state index >= 15 is 0 Å². The first-order chi connectivity index (χ1) is 8.54. The van der Waals surface area contributed by atoms with Crippen LogP contribution in [0.3, 0.4) is 0 Å². The normalized spacial score (nSPS) is 12.4. The zero-order valence-corrected chi connectivity index (χ0v) is 11.3. The van der Waals surface area contributed by atoms with Gasteiger partial charge in [0, 0.05) is 11.0 Å². The van der Waals surface area contributed by atoms with Gasteiger partial charge in [-0.25, -0.2) is 15.8 Å². The molecule has 1 aromatic heterocycles. The standard InChI is InChI=1S/C11H18F3N5/c1-6-7(16-5-11(12,13)14)17-9(10(2,3)4)18-8(6)19-15/h5,15H2,1-4H3,(H2,16,17,18,19). The van der Waals surface area contributed by atoms with Crippen LogP contribution in [0.25, 0.3) is 0 Å². The summed E-state index contributed by atoms with van der Waals surface area (Å²) in [5.74, 6) is 6.18. The zero-order chi connectivity index (χ0) is 14.8. The number of nitrogens with two attached hydrogens (primary N) is 1. The van der Waals surface area contributed by atoms with Gasteiger partial charge in [0.05, 0.1) is 0 Å². The number of anilines is 2. The average Bonchev–Trinajstić information content (AvgIpc) is 2.25. The average molecular weight is 277 g/mol. The van der Waals surface area contributed by atoms with Crippen molar-refractivity contribution in [1.29, 1.82) is 0 Å². The Morgan fingerprint density at radius 3 is 2.05 bits per heavy atom. The van der Waals surface area contributed by atoms with Crippen molar-refractivity contribution >= 4 is 11.6 Å². The SMILES string of the molecule is Cc1c(NN)nc(C(C)(C)C)nc1NCC(F)(F)F. The number of halogens is 3. The van der Waals surface area contributed by atoms with Gasteiger partial charge in [0.2, 0.25) is 0 Å². The highest BCUT2D eigenvalue weighted by Crippen LogP contribution is 2.26. The Balaban J connectivity index is 3.15. The van der Waals surface area contributed by atoms with Crippen molar-refractivity contribution < 1.29 is 13.2 Å². The number of alkyl halides is 3. The molecular weight excluding hydrogens is 259 g/mol. The van der Waals surface area contributed by atoms with Crippen molar-refractivity contribution in [3.63, 3.8) is 0 Å². The molecule has 108 valence electrons. The molecule has 8 heteroatoms. The first-order valence-electron chi connectivity index (χ1n) is 5.71. The Hall–Kier alpha value is -1.57. The van der Waals surface area contributed by atoms with Crippen LogP contribution in [0.5, 0.6) is 0 Å². The lowest BCUT2D eigenvalue weighted by molar-refractivity contribution is -0.115. The molecule has 0 saturated heterocycles. The third kappa shape index (κ3) is 4.23. The van der Waals surface area contributed by atoms with Crippen LogP contribution in [0.4, 0.5) is 24.8 Å². The van der Waals surface area contributed by atoms with Gasteiger partial charge >= 0.3 is 6.18 Å². The van der Waals surface area contributed by atoms with Crippen molar-refractivity contribution in [3.8, 4) is 0 Å². The van der Waals surface area contributed by atoms with E-state index in [2.05, 4.69) is 20.7 Å². The summed E-state index contributed by atoms with van der Waals surface area (Å²) in [6.45, 7) is 6.04. The van der Waals surface area contributed by atoms with Crippen LogP contribution in [-0.2, 0) is 5.41 Å². The van der Waals surface area contributed by atoms with Crippen LogP contribution in [0.1, 0.15) is 32.2 Å². The van der Waals surface area contributed by atoms with Crippen molar-refractivity contribution in [1.82, 2.24) is 9.97 Å². The fourth-order valence-electron chi connectivity index (χ4n) is 1.35. The lowest BCUT2D eigenvalue weighted by atomic mass is 9.95. The zero-order valence-electron chi connectivity index (χ0n) is 11.3. The Bertz CT molecular complexity index is 451. The van der Waals surface area contributed by atoms with Gasteiger partial charge in [0.25, 0.3) is 0 Å². The number of hydrogen-bond acceptors (Lipinski definition) is 5. The number of hydrogen-bond donors (Lipinski definition) is 3. The highest BCUT2D eigenvalue weighted by atomic mass is 19.4. The highest BCUT2D eigenvalue weighted by molar-refractivity contribution is 5.57. The van der Waals surface area contributed by atoms with Gasteiger partial charge in [0.1, 0.15) is 24.0 Å². The quantitative estimate of drug-likeness (QED) is 0.584. The molecule has 5 nitrogen and oxygen atoms in total. The Labute approximate surface area is 109 Å². The molecule has 0 radical (unpaired) electrons. The molecule has 0 spiro atoms. The summed E-state index contributed by atoms with van der Waals surface area (Å²) in [4.78, 5) is 8.34. The van der Waals surface area contributed by atoms with Crippen LogP contribution in [0, 0.1) is 6.92 Å². The summed E-state index contributed by atoms with van der Waals surface area (Å²) < 4.78 is 36.7. The summed E-state index contributed by atoms with van der Waals surface area (Å²) >= 11 is 0. The molecule has 1 aromatic rings. The van der Waals surface area contributed by atoms with E-state index in [9.17, 15) is 13.2 Å². The number of hydrazine groups is 1. The van der Waals surface area contributed by atoms with Crippen molar-refractivity contribution in [2.45, 2.75) is 39.3 Å². The van der Waals surface area contributed by atoms with E-state index in [1.807, 2.05) is 20.8 Å². The van der Waals surface area contributed by atoms with Crippen LogP contribution in [0.2, 0.25) is 0 Å². The molecule has 0 saturated carbocycles. The summed E-state index contributed by atoms with van der Waals surface area (Å²) in [6, 6.07) is 0. The van der Waals surface area contributed by atoms with E-state index < -0.39 is 18.1 Å². The molecule has 0 bridgehead atoms. The third-order valence-corrected chi connectivity index (χ3v) is 2.41.